The van der Waals surface area contributed by atoms with Gasteiger partial charge in [-0.25, -0.2) is 0 Å². The summed E-state index contributed by atoms with van der Waals surface area (Å²) in [6.45, 7) is -0.0652. The van der Waals surface area contributed by atoms with E-state index in [0.29, 0.717) is 5.75 Å². The van der Waals surface area contributed by atoms with Gasteiger partial charge < -0.3 is 25.3 Å². The van der Waals surface area contributed by atoms with Crippen LogP contribution in [0.5, 0.6) is 11.5 Å². The Labute approximate surface area is 185 Å². The molecule has 1 atom stereocenters. The lowest BCUT2D eigenvalue weighted by molar-refractivity contribution is -0.138. The quantitative estimate of drug-likeness (QED) is 0.272. The summed E-state index contributed by atoms with van der Waals surface area (Å²) in [5.41, 5.74) is 6.14. The van der Waals surface area contributed by atoms with Gasteiger partial charge in [0.25, 0.3) is 5.91 Å². The first-order chi connectivity index (χ1) is 15.3. The van der Waals surface area contributed by atoms with Crippen molar-refractivity contribution in [1.82, 2.24) is 5.32 Å². The molecule has 2 aromatic carbocycles. The van der Waals surface area contributed by atoms with E-state index in [9.17, 15) is 19.2 Å². The summed E-state index contributed by atoms with van der Waals surface area (Å²) in [6.07, 6.45) is -0.216. The molecule has 0 fully saturated rings. The largest absolute Gasteiger partial charge is 0.497 e. The number of amides is 2. The molecule has 2 amide bonds. The van der Waals surface area contributed by atoms with Crippen LogP contribution in [0.4, 0.5) is 0 Å². The molecule has 3 N–H and O–H groups in total. The maximum Gasteiger partial charge on any atom is 0.287 e. The fraction of sp³-hybridized carbons (Fsp3) is 0.304. The normalized spacial score (nSPS) is 11.3. The van der Waals surface area contributed by atoms with Crippen LogP contribution in [-0.2, 0) is 25.5 Å². The van der Waals surface area contributed by atoms with E-state index < -0.39 is 23.6 Å². The molecule has 0 unspecified atom stereocenters. The second-order valence-corrected chi connectivity index (χ2v) is 6.87. The van der Waals surface area contributed by atoms with Gasteiger partial charge in [0.1, 0.15) is 17.5 Å². The minimum atomic E-state index is -1.14. The summed E-state index contributed by atoms with van der Waals surface area (Å²) in [5, 5.41) is 2.51. The van der Waals surface area contributed by atoms with Crippen molar-refractivity contribution in [3.05, 3.63) is 59.7 Å². The van der Waals surface area contributed by atoms with Crippen molar-refractivity contribution in [3.8, 4) is 11.5 Å². The Kier molecular flexibility index (Phi) is 9.37. The number of hydrogen-bond donors (Lipinski definition) is 2. The molecule has 0 aliphatic heterocycles. The van der Waals surface area contributed by atoms with Gasteiger partial charge in [0.05, 0.1) is 12.7 Å². The zero-order chi connectivity index (χ0) is 23.5. The summed E-state index contributed by atoms with van der Waals surface area (Å²) >= 11 is 0. The molecule has 0 saturated carbocycles. The van der Waals surface area contributed by atoms with Gasteiger partial charge in [0, 0.05) is 32.4 Å². The van der Waals surface area contributed by atoms with E-state index in [4.69, 9.17) is 19.9 Å². The van der Waals surface area contributed by atoms with Crippen LogP contribution < -0.4 is 20.5 Å². The third kappa shape index (κ3) is 7.21. The first-order valence-electron chi connectivity index (χ1n) is 9.85. The summed E-state index contributed by atoms with van der Waals surface area (Å²) < 4.78 is 15.4. The highest BCUT2D eigenvalue weighted by Gasteiger charge is 2.25. The fourth-order valence-corrected chi connectivity index (χ4v) is 2.96. The fourth-order valence-electron chi connectivity index (χ4n) is 2.96. The summed E-state index contributed by atoms with van der Waals surface area (Å²) in [4.78, 5) is 48.6. The maximum atomic E-state index is 12.7. The van der Waals surface area contributed by atoms with Crippen molar-refractivity contribution in [2.75, 3.05) is 21.0 Å². The average molecular weight is 442 g/mol. The van der Waals surface area contributed by atoms with E-state index in [1.807, 2.05) is 6.07 Å². The first kappa shape index (κ1) is 24.5. The van der Waals surface area contributed by atoms with Gasteiger partial charge in [-0.1, -0.05) is 30.3 Å². The second-order valence-electron chi connectivity index (χ2n) is 6.87. The molecule has 170 valence electrons. The molecule has 0 aromatic heterocycles. The van der Waals surface area contributed by atoms with Gasteiger partial charge in [0.2, 0.25) is 11.7 Å². The number of carbonyl (C=O) groups is 4. The lowest BCUT2D eigenvalue weighted by Crippen LogP contribution is -2.47. The van der Waals surface area contributed by atoms with E-state index in [2.05, 4.69) is 5.32 Å². The van der Waals surface area contributed by atoms with E-state index in [1.54, 1.807) is 42.5 Å². The number of carbonyl (C=O) groups excluding carboxylic acids is 4. The van der Waals surface area contributed by atoms with E-state index in [1.165, 1.54) is 14.2 Å². The molecular weight excluding hydrogens is 416 g/mol. The Morgan fingerprint density at radius 1 is 1.00 bits per heavy atom. The van der Waals surface area contributed by atoms with Gasteiger partial charge in [-0.15, -0.1) is 0 Å². The molecule has 2 aromatic rings. The standard InChI is InChI=1S/C23H26N2O7/c1-30-14-32-20-13-16(31-2)8-9-17(20)19(26)10-11-21(27)25-18(22(28)23(24)29)12-15-6-4-3-5-7-15/h3-9,13,18H,10-12,14H2,1-2H3,(H2,24,29)(H,25,27)/t18-/m0/s1. The number of methoxy groups -OCH3 is 2. The molecule has 0 heterocycles. The maximum absolute atomic E-state index is 12.7. The van der Waals surface area contributed by atoms with Crippen molar-refractivity contribution >= 4 is 23.4 Å². The van der Waals surface area contributed by atoms with Crippen LogP contribution in [0.2, 0.25) is 0 Å². The van der Waals surface area contributed by atoms with Gasteiger partial charge in [-0.05, 0) is 17.7 Å². The number of nitrogens with two attached hydrogens (primary N) is 1. The smallest absolute Gasteiger partial charge is 0.287 e. The lowest BCUT2D eigenvalue weighted by Gasteiger charge is -2.16. The molecule has 0 aliphatic rings. The molecule has 9 heteroatoms. The summed E-state index contributed by atoms with van der Waals surface area (Å²) in [7, 11) is 2.94. The molecule has 0 spiro atoms. The Morgan fingerprint density at radius 2 is 1.72 bits per heavy atom. The van der Waals surface area contributed by atoms with Crippen molar-refractivity contribution in [1.29, 1.82) is 0 Å². The monoisotopic (exact) mass is 442 g/mol. The number of rotatable bonds is 13. The Balaban J connectivity index is 2.04. The Bertz CT molecular complexity index is 960. The Morgan fingerprint density at radius 3 is 2.34 bits per heavy atom. The number of hydrogen-bond acceptors (Lipinski definition) is 7. The lowest BCUT2D eigenvalue weighted by atomic mass is 10.0. The van der Waals surface area contributed by atoms with E-state index in [0.717, 1.165) is 5.56 Å². The second kappa shape index (κ2) is 12.2. The van der Waals surface area contributed by atoms with Gasteiger partial charge in [-0.2, -0.15) is 0 Å². The number of primary amides is 1. The van der Waals surface area contributed by atoms with E-state index in [-0.39, 0.29) is 43.2 Å². The molecule has 9 nitrogen and oxygen atoms in total. The predicted molar refractivity (Wildman–Crippen MR) is 115 cm³/mol. The SMILES string of the molecule is COCOc1cc(OC)ccc1C(=O)CCC(=O)N[C@@H](Cc1ccccc1)C(=O)C(N)=O. The molecule has 32 heavy (non-hydrogen) atoms. The number of ether oxygens (including phenoxy) is 3. The highest BCUT2D eigenvalue weighted by atomic mass is 16.7. The van der Waals surface area contributed by atoms with Crippen LogP contribution in [-0.4, -0.2) is 50.4 Å². The number of benzene rings is 2. The van der Waals surface area contributed by atoms with Crippen molar-refractivity contribution in [2.24, 2.45) is 5.73 Å². The molecular formula is C23H26N2O7. The predicted octanol–water partition coefficient (Wildman–Crippen LogP) is 1.42. The minimum absolute atomic E-state index is 0.0652. The molecule has 0 bridgehead atoms. The van der Waals surface area contributed by atoms with Crippen LogP contribution in [0.1, 0.15) is 28.8 Å². The zero-order valence-corrected chi connectivity index (χ0v) is 18.0. The Hall–Kier alpha value is -3.72. The minimum Gasteiger partial charge on any atom is -0.497 e. The summed E-state index contributed by atoms with van der Waals surface area (Å²) in [6, 6.07) is 12.5. The molecule has 0 radical (unpaired) electrons. The van der Waals surface area contributed by atoms with Gasteiger partial charge in [-0.3, -0.25) is 19.2 Å². The zero-order valence-electron chi connectivity index (χ0n) is 18.0. The van der Waals surface area contributed by atoms with Gasteiger partial charge >= 0.3 is 0 Å². The van der Waals surface area contributed by atoms with Crippen molar-refractivity contribution < 1.29 is 33.4 Å². The highest BCUT2D eigenvalue weighted by Crippen LogP contribution is 2.26. The average Bonchev–Trinajstić information content (AvgIpc) is 2.80. The number of nitrogens with one attached hydrogen (secondary N) is 1. The van der Waals surface area contributed by atoms with Crippen LogP contribution in [0.3, 0.4) is 0 Å². The van der Waals surface area contributed by atoms with Crippen LogP contribution in [0, 0.1) is 0 Å². The van der Waals surface area contributed by atoms with Crippen LogP contribution in [0.25, 0.3) is 0 Å². The van der Waals surface area contributed by atoms with Crippen molar-refractivity contribution in [3.63, 3.8) is 0 Å². The number of ketones is 2. The topological polar surface area (TPSA) is 134 Å². The molecule has 2 rings (SSSR count). The molecule has 0 saturated heterocycles. The molecule has 0 aliphatic carbocycles. The van der Waals surface area contributed by atoms with Gasteiger partial charge in [0.15, 0.2) is 12.6 Å². The first-order valence-corrected chi connectivity index (χ1v) is 9.85. The van der Waals surface area contributed by atoms with Crippen LogP contribution in [0.15, 0.2) is 48.5 Å². The highest BCUT2D eigenvalue weighted by molar-refractivity contribution is 6.37. The number of Topliss-reactive ketones (excluding diaryl/α,β-unsaturated/α-hetero) is 2. The van der Waals surface area contributed by atoms with E-state index >= 15 is 0 Å². The third-order valence-electron chi connectivity index (χ3n) is 4.58. The summed E-state index contributed by atoms with van der Waals surface area (Å²) in [5.74, 6) is -2.17. The van der Waals surface area contributed by atoms with Crippen LogP contribution >= 0.6 is 0 Å². The third-order valence-corrected chi connectivity index (χ3v) is 4.58. The van der Waals surface area contributed by atoms with Crippen molar-refractivity contribution in [2.45, 2.75) is 25.3 Å².